The van der Waals surface area contributed by atoms with Gasteiger partial charge in [-0.3, -0.25) is 9.69 Å². The summed E-state index contributed by atoms with van der Waals surface area (Å²) in [5.74, 6) is 0.712. The zero-order valence-corrected chi connectivity index (χ0v) is 14.3. The standard InChI is InChI=1S/C17H21ClN2O3/c1-10(2)23-14-7-4-11(8-13(14)18)9-20-15(21)17(3,12-5-6-12)19-16(20)22/h4,7-8,10,12H,5-6,9H2,1-3H3,(H,19,22). The van der Waals surface area contributed by atoms with Gasteiger partial charge in [0.25, 0.3) is 5.91 Å². The van der Waals surface area contributed by atoms with Crippen LogP contribution in [0.4, 0.5) is 4.79 Å². The molecule has 0 spiro atoms. The summed E-state index contributed by atoms with van der Waals surface area (Å²) in [6, 6.07) is 5.02. The molecule has 1 atom stereocenters. The van der Waals surface area contributed by atoms with Crippen LogP contribution >= 0.6 is 11.6 Å². The smallest absolute Gasteiger partial charge is 0.325 e. The molecule has 0 radical (unpaired) electrons. The number of rotatable bonds is 5. The molecule has 0 bridgehead atoms. The van der Waals surface area contributed by atoms with Gasteiger partial charge in [-0.15, -0.1) is 0 Å². The Kier molecular flexibility index (Phi) is 4.00. The molecular formula is C17H21ClN2O3. The van der Waals surface area contributed by atoms with Crippen molar-refractivity contribution in [2.75, 3.05) is 0 Å². The Hall–Kier alpha value is -1.75. The maximum Gasteiger partial charge on any atom is 0.325 e. The second-order valence-corrected chi connectivity index (χ2v) is 7.14. The van der Waals surface area contributed by atoms with Crippen LogP contribution in [-0.4, -0.2) is 28.5 Å². The van der Waals surface area contributed by atoms with Crippen LogP contribution in [0.25, 0.3) is 0 Å². The zero-order chi connectivity index (χ0) is 16.8. The summed E-state index contributed by atoms with van der Waals surface area (Å²) in [6.45, 7) is 5.89. The molecule has 2 fully saturated rings. The fourth-order valence-corrected chi connectivity index (χ4v) is 3.22. The minimum atomic E-state index is -0.748. The minimum absolute atomic E-state index is 0.0311. The number of nitrogens with zero attached hydrogens (tertiary/aromatic N) is 1. The lowest BCUT2D eigenvalue weighted by Gasteiger charge is -2.21. The number of benzene rings is 1. The summed E-state index contributed by atoms with van der Waals surface area (Å²) >= 11 is 6.22. The molecule has 0 aromatic heterocycles. The van der Waals surface area contributed by atoms with Gasteiger partial charge in [0.1, 0.15) is 11.3 Å². The second kappa shape index (κ2) is 5.71. The van der Waals surface area contributed by atoms with Gasteiger partial charge in [0.05, 0.1) is 17.7 Å². The van der Waals surface area contributed by atoms with E-state index in [1.54, 1.807) is 12.1 Å². The Morgan fingerprint density at radius 1 is 1.39 bits per heavy atom. The maximum absolute atomic E-state index is 12.6. The number of carbonyl (C=O) groups is 2. The van der Waals surface area contributed by atoms with E-state index >= 15 is 0 Å². The van der Waals surface area contributed by atoms with Crippen molar-refractivity contribution in [3.8, 4) is 5.75 Å². The average molecular weight is 337 g/mol. The SMILES string of the molecule is CC(C)Oc1ccc(CN2C(=O)NC(C)(C3CC3)C2=O)cc1Cl. The van der Waals surface area contributed by atoms with Gasteiger partial charge >= 0.3 is 6.03 Å². The number of imide groups is 1. The molecule has 3 amide bonds. The van der Waals surface area contributed by atoms with Gasteiger partial charge in [-0.25, -0.2) is 4.79 Å². The normalized spacial score (nSPS) is 24.3. The number of urea groups is 1. The predicted octanol–water partition coefficient (Wildman–Crippen LogP) is 3.35. The first-order valence-corrected chi connectivity index (χ1v) is 8.28. The molecule has 1 saturated carbocycles. The van der Waals surface area contributed by atoms with E-state index < -0.39 is 5.54 Å². The Balaban J connectivity index is 1.75. The lowest BCUT2D eigenvalue weighted by molar-refractivity contribution is -0.131. The van der Waals surface area contributed by atoms with Gasteiger partial charge in [-0.2, -0.15) is 0 Å². The highest BCUT2D eigenvalue weighted by molar-refractivity contribution is 6.32. The molecule has 124 valence electrons. The second-order valence-electron chi connectivity index (χ2n) is 6.73. The molecule has 23 heavy (non-hydrogen) atoms. The third-order valence-electron chi connectivity index (χ3n) is 4.39. The van der Waals surface area contributed by atoms with Crippen LogP contribution in [0.2, 0.25) is 5.02 Å². The predicted molar refractivity (Wildman–Crippen MR) is 87.4 cm³/mol. The molecule has 1 saturated heterocycles. The molecule has 2 aliphatic rings. The highest BCUT2D eigenvalue weighted by atomic mass is 35.5. The van der Waals surface area contributed by atoms with Crippen molar-refractivity contribution < 1.29 is 14.3 Å². The minimum Gasteiger partial charge on any atom is -0.489 e. The first-order valence-electron chi connectivity index (χ1n) is 7.90. The van der Waals surface area contributed by atoms with Crippen LogP contribution in [-0.2, 0) is 11.3 Å². The molecule has 5 nitrogen and oxygen atoms in total. The van der Waals surface area contributed by atoms with Crippen molar-refractivity contribution in [1.82, 2.24) is 10.2 Å². The molecule has 1 aliphatic heterocycles. The number of nitrogens with one attached hydrogen (secondary N) is 1. The monoisotopic (exact) mass is 336 g/mol. The van der Waals surface area contributed by atoms with E-state index in [0.717, 1.165) is 18.4 Å². The van der Waals surface area contributed by atoms with Gasteiger partial charge in [0.2, 0.25) is 0 Å². The van der Waals surface area contributed by atoms with Gasteiger partial charge in [-0.1, -0.05) is 17.7 Å². The first-order chi connectivity index (χ1) is 10.8. The average Bonchev–Trinajstić information content (AvgIpc) is 3.28. The summed E-state index contributed by atoms with van der Waals surface area (Å²) in [5.41, 5.74) is 0.0522. The van der Waals surface area contributed by atoms with Crippen LogP contribution in [0.15, 0.2) is 18.2 Å². The van der Waals surface area contributed by atoms with Gasteiger partial charge in [0.15, 0.2) is 0 Å². The topological polar surface area (TPSA) is 58.6 Å². The van der Waals surface area contributed by atoms with Gasteiger partial charge in [0, 0.05) is 0 Å². The quantitative estimate of drug-likeness (QED) is 0.839. The van der Waals surface area contributed by atoms with Gasteiger partial charge < -0.3 is 10.1 Å². The van der Waals surface area contributed by atoms with Crippen molar-refractivity contribution >= 4 is 23.5 Å². The zero-order valence-electron chi connectivity index (χ0n) is 13.6. The highest BCUT2D eigenvalue weighted by Crippen LogP contribution is 2.43. The van der Waals surface area contributed by atoms with E-state index in [-0.39, 0.29) is 30.5 Å². The molecule has 1 unspecified atom stereocenters. The summed E-state index contributed by atoms with van der Waals surface area (Å²) in [4.78, 5) is 26.0. The number of carbonyl (C=O) groups excluding carboxylic acids is 2. The molecule has 1 aromatic rings. The van der Waals surface area contributed by atoms with E-state index in [4.69, 9.17) is 16.3 Å². The van der Waals surface area contributed by atoms with Crippen LogP contribution in [0.5, 0.6) is 5.75 Å². The Labute approximate surface area is 140 Å². The Bertz CT molecular complexity index is 657. The van der Waals surface area contributed by atoms with E-state index in [1.165, 1.54) is 4.90 Å². The summed E-state index contributed by atoms with van der Waals surface area (Å²) in [7, 11) is 0. The molecule has 6 heteroatoms. The number of ether oxygens (including phenoxy) is 1. The fourth-order valence-electron chi connectivity index (χ4n) is 2.97. The van der Waals surface area contributed by atoms with Crippen molar-refractivity contribution in [3.63, 3.8) is 0 Å². The van der Waals surface area contributed by atoms with Crippen molar-refractivity contribution in [3.05, 3.63) is 28.8 Å². The Morgan fingerprint density at radius 2 is 2.09 bits per heavy atom. The fraction of sp³-hybridized carbons (Fsp3) is 0.529. The maximum atomic E-state index is 12.6. The van der Waals surface area contributed by atoms with Crippen molar-refractivity contribution in [1.29, 1.82) is 0 Å². The molecule has 1 N–H and O–H groups in total. The van der Waals surface area contributed by atoms with Crippen LogP contribution in [0.3, 0.4) is 0 Å². The van der Waals surface area contributed by atoms with Crippen LogP contribution < -0.4 is 10.1 Å². The summed E-state index contributed by atoms with van der Waals surface area (Å²) < 4.78 is 5.59. The third kappa shape index (κ3) is 3.02. The number of halogens is 1. The largest absolute Gasteiger partial charge is 0.489 e. The molecule has 1 aliphatic carbocycles. The molecule has 3 rings (SSSR count). The van der Waals surface area contributed by atoms with E-state index in [9.17, 15) is 9.59 Å². The van der Waals surface area contributed by atoms with E-state index in [2.05, 4.69) is 5.32 Å². The van der Waals surface area contributed by atoms with E-state index in [1.807, 2.05) is 26.8 Å². The number of amides is 3. The van der Waals surface area contributed by atoms with Crippen molar-refractivity contribution in [2.24, 2.45) is 5.92 Å². The van der Waals surface area contributed by atoms with Crippen molar-refractivity contribution in [2.45, 2.75) is 51.8 Å². The first kappa shape index (κ1) is 16.1. The summed E-state index contributed by atoms with van der Waals surface area (Å²) in [5, 5.41) is 3.32. The van der Waals surface area contributed by atoms with E-state index in [0.29, 0.717) is 10.8 Å². The highest BCUT2D eigenvalue weighted by Gasteiger charge is 2.55. The molecule has 1 aromatic carbocycles. The third-order valence-corrected chi connectivity index (χ3v) is 4.69. The molecular weight excluding hydrogens is 316 g/mol. The summed E-state index contributed by atoms with van der Waals surface area (Å²) in [6.07, 6.45) is 2.01. The Morgan fingerprint density at radius 3 is 2.65 bits per heavy atom. The lowest BCUT2D eigenvalue weighted by atomic mass is 9.96. The van der Waals surface area contributed by atoms with Gasteiger partial charge in [-0.05, 0) is 57.2 Å². The van der Waals surface area contributed by atoms with Crippen LogP contribution in [0.1, 0.15) is 39.2 Å². The molecule has 1 heterocycles. The van der Waals surface area contributed by atoms with Crippen LogP contribution in [0, 0.1) is 5.92 Å². The number of hydrogen-bond acceptors (Lipinski definition) is 3. The lowest BCUT2D eigenvalue weighted by Crippen LogP contribution is -2.46. The number of hydrogen-bond donors (Lipinski definition) is 1.